The van der Waals surface area contributed by atoms with Crippen LogP contribution in [0.5, 0.6) is 0 Å². The summed E-state index contributed by atoms with van der Waals surface area (Å²) in [6.45, 7) is -0.255. The Morgan fingerprint density at radius 1 is 0.824 bits per heavy atom. The van der Waals surface area contributed by atoms with Crippen molar-refractivity contribution in [1.29, 1.82) is 0 Å². The largest absolute Gasteiger partial charge is 0.357 e. The molecule has 3 aromatic rings. The van der Waals surface area contributed by atoms with E-state index in [-0.39, 0.29) is 12.5 Å². The second kappa shape index (κ2) is 11.5. The molecule has 1 N–H and O–H groups in total. The molecule has 0 bridgehead atoms. The van der Waals surface area contributed by atoms with E-state index < -0.39 is 28.5 Å². The average Bonchev–Trinajstić information content (AvgIpc) is 2.85. The number of nitrogens with one attached hydrogen (secondary N) is 1. The minimum Gasteiger partial charge on any atom is -0.357 e. The van der Waals surface area contributed by atoms with E-state index in [0.29, 0.717) is 12.1 Å². The maximum atomic E-state index is 13.7. The molecule has 34 heavy (non-hydrogen) atoms. The molecule has 0 radical (unpaired) electrons. The number of carbonyl (C=O) groups excluding carboxylic acids is 2. The number of amides is 2. The molecule has 0 saturated heterocycles. The molecular formula is C26H29N3O4S. The number of rotatable bonds is 10. The number of hydrogen-bond acceptors (Lipinski definition) is 4. The van der Waals surface area contributed by atoms with Crippen molar-refractivity contribution in [3.63, 3.8) is 0 Å². The van der Waals surface area contributed by atoms with Crippen molar-refractivity contribution in [2.24, 2.45) is 0 Å². The van der Waals surface area contributed by atoms with Gasteiger partial charge in [0.2, 0.25) is 21.8 Å². The number of nitrogens with zero attached hydrogens (tertiary/aromatic N) is 2. The van der Waals surface area contributed by atoms with Crippen LogP contribution in [0.4, 0.5) is 5.69 Å². The minimum absolute atomic E-state index is 0.164. The smallest absolute Gasteiger partial charge is 0.244 e. The fourth-order valence-electron chi connectivity index (χ4n) is 3.71. The Hall–Kier alpha value is -3.65. The summed E-state index contributed by atoms with van der Waals surface area (Å²) in [6, 6.07) is 26.4. The van der Waals surface area contributed by atoms with E-state index in [1.165, 1.54) is 11.9 Å². The topological polar surface area (TPSA) is 86.8 Å². The highest BCUT2D eigenvalue weighted by atomic mass is 32.2. The third-order valence-electron chi connectivity index (χ3n) is 5.44. The van der Waals surface area contributed by atoms with E-state index in [0.717, 1.165) is 21.7 Å². The molecule has 0 aliphatic carbocycles. The van der Waals surface area contributed by atoms with Crippen LogP contribution in [0, 0.1) is 0 Å². The van der Waals surface area contributed by atoms with Crippen molar-refractivity contribution < 1.29 is 18.0 Å². The number of sulfonamides is 1. The van der Waals surface area contributed by atoms with Gasteiger partial charge < -0.3 is 10.2 Å². The van der Waals surface area contributed by atoms with Crippen LogP contribution in [0.15, 0.2) is 91.0 Å². The third-order valence-corrected chi connectivity index (χ3v) is 6.58. The molecule has 1 unspecified atom stereocenters. The Morgan fingerprint density at radius 3 is 1.82 bits per heavy atom. The Morgan fingerprint density at radius 2 is 1.32 bits per heavy atom. The van der Waals surface area contributed by atoms with Gasteiger partial charge in [0.1, 0.15) is 12.6 Å². The van der Waals surface area contributed by atoms with Crippen molar-refractivity contribution in [2.45, 2.75) is 19.0 Å². The quantitative estimate of drug-likeness (QED) is 0.485. The maximum absolute atomic E-state index is 13.7. The summed E-state index contributed by atoms with van der Waals surface area (Å²) in [5, 5.41) is 2.66. The van der Waals surface area contributed by atoms with Crippen molar-refractivity contribution in [2.75, 3.05) is 24.2 Å². The van der Waals surface area contributed by atoms with Crippen molar-refractivity contribution >= 4 is 27.5 Å². The molecule has 3 aromatic carbocycles. The number of carbonyl (C=O) groups is 2. The number of benzene rings is 3. The van der Waals surface area contributed by atoms with Gasteiger partial charge in [0.05, 0.1) is 11.9 Å². The second-order valence-electron chi connectivity index (χ2n) is 7.93. The standard InChI is InChI=1S/C26H29N3O4S/c1-27-26(31)24(18-21-12-6-3-7-13-21)28(19-22-14-8-4-9-15-22)25(30)20-29(34(2,32)33)23-16-10-5-11-17-23/h3-17,24H,18-20H2,1-2H3,(H,27,31). The lowest BCUT2D eigenvalue weighted by atomic mass is 10.0. The lowest BCUT2D eigenvalue weighted by molar-refractivity contribution is -0.139. The first kappa shape index (κ1) is 25.0. The van der Waals surface area contributed by atoms with Crippen molar-refractivity contribution in [1.82, 2.24) is 10.2 Å². The highest BCUT2D eigenvalue weighted by Gasteiger charge is 2.32. The third kappa shape index (κ3) is 6.68. The Bertz CT molecular complexity index is 1190. The Balaban J connectivity index is 1.99. The predicted molar refractivity (Wildman–Crippen MR) is 134 cm³/mol. The normalized spacial score (nSPS) is 11.9. The van der Waals surface area contributed by atoms with Crippen LogP contribution in [0.3, 0.4) is 0 Å². The monoisotopic (exact) mass is 479 g/mol. The molecule has 3 rings (SSSR count). The zero-order valence-corrected chi connectivity index (χ0v) is 20.1. The molecule has 8 heteroatoms. The number of para-hydroxylation sites is 1. The molecule has 0 aliphatic rings. The molecule has 2 amide bonds. The summed E-state index contributed by atoms with van der Waals surface area (Å²) >= 11 is 0. The van der Waals surface area contributed by atoms with Gasteiger partial charge in [-0.2, -0.15) is 0 Å². The van der Waals surface area contributed by atoms with Gasteiger partial charge in [0, 0.05) is 20.0 Å². The van der Waals surface area contributed by atoms with Gasteiger partial charge in [-0.15, -0.1) is 0 Å². The summed E-state index contributed by atoms with van der Waals surface area (Å²) in [4.78, 5) is 28.1. The van der Waals surface area contributed by atoms with Crippen LogP contribution in [-0.2, 0) is 32.6 Å². The van der Waals surface area contributed by atoms with E-state index >= 15 is 0 Å². The molecule has 0 aromatic heterocycles. The zero-order chi connectivity index (χ0) is 24.6. The molecule has 0 aliphatic heterocycles. The van der Waals surface area contributed by atoms with Gasteiger partial charge in [-0.3, -0.25) is 13.9 Å². The zero-order valence-electron chi connectivity index (χ0n) is 19.3. The van der Waals surface area contributed by atoms with E-state index in [9.17, 15) is 18.0 Å². The fraction of sp³-hybridized carbons (Fsp3) is 0.231. The van der Waals surface area contributed by atoms with Gasteiger partial charge in [0.25, 0.3) is 0 Å². The maximum Gasteiger partial charge on any atom is 0.244 e. The Kier molecular flexibility index (Phi) is 8.43. The van der Waals surface area contributed by atoms with Gasteiger partial charge >= 0.3 is 0 Å². The molecule has 0 heterocycles. The lowest BCUT2D eigenvalue weighted by Crippen LogP contribution is -2.52. The van der Waals surface area contributed by atoms with E-state index in [2.05, 4.69) is 5.32 Å². The highest BCUT2D eigenvalue weighted by molar-refractivity contribution is 7.92. The first-order valence-corrected chi connectivity index (χ1v) is 12.8. The average molecular weight is 480 g/mol. The molecular weight excluding hydrogens is 450 g/mol. The molecule has 7 nitrogen and oxygen atoms in total. The van der Waals surface area contributed by atoms with Gasteiger partial charge in [-0.1, -0.05) is 78.9 Å². The first-order valence-electron chi connectivity index (χ1n) is 10.9. The van der Waals surface area contributed by atoms with E-state index in [4.69, 9.17) is 0 Å². The summed E-state index contributed by atoms with van der Waals surface area (Å²) < 4.78 is 26.2. The number of likely N-dealkylation sites (N-methyl/N-ethyl adjacent to an activating group) is 1. The second-order valence-corrected chi connectivity index (χ2v) is 9.84. The highest BCUT2D eigenvalue weighted by Crippen LogP contribution is 2.20. The summed E-state index contributed by atoms with van der Waals surface area (Å²) in [6.07, 6.45) is 1.36. The van der Waals surface area contributed by atoms with Crippen LogP contribution in [0.25, 0.3) is 0 Å². The van der Waals surface area contributed by atoms with Gasteiger partial charge in [0.15, 0.2) is 0 Å². The van der Waals surface area contributed by atoms with Crippen LogP contribution < -0.4 is 9.62 Å². The molecule has 178 valence electrons. The van der Waals surface area contributed by atoms with Crippen molar-refractivity contribution in [3.05, 3.63) is 102 Å². The Labute approximate surface area is 201 Å². The molecule has 0 fully saturated rings. The van der Waals surface area contributed by atoms with Crippen LogP contribution in [0.1, 0.15) is 11.1 Å². The van der Waals surface area contributed by atoms with Gasteiger partial charge in [-0.25, -0.2) is 8.42 Å². The van der Waals surface area contributed by atoms with E-state index in [1.54, 1.807) is 30.3 Å². The summed E-state index contributed by atoms with van der Waals surface area (Å²) in [5.74, 6) is -0.790. The van der Waals surface area contributed by atoms with Crippen LogP contribution in [0.2, 0.25) is 0 Å². The van der Waals surface area contributed by atoms with E-state index in [1.807, 2.05) is 60.7 Å². The summed E-state index contributed by atoms with van der Waals surface area (Å²) in [7, 11) is -2.22. The predicted octanol–water partition coefficient (Wildman–Crippen LogP) is 2.84. The number of hydrogen-bond donors (Lipinski definition) is 1. The SMILES string of the molecule is CNC(=O)C(Cc1ccccc1)N(Cc1ccccc1)C(=O)CN(c1ccccc1)S(C)(=O)=O. The fourth-order valence-corrected chi connectivity index (χ4v) is 4.56. The summed E-state index contributed by atoms with van der Waals surface area (Å²) in [5.41, 5.74) is 2.12. The van der Waals surface area contributed by atoms with Crippen LogP contribution in [-0.4, -0.2) is 51.0 Å². The van der Waals surface area contributed by atoms with Crippen molar-refractivity contribution in [3.8, 4) is 0 Å². The first-order chi connectivity index (χ1) is 16.3. The molecule has 0 saturated carbocycles. The van der Waals surface area contributed by atoms with Gasteiger partial charge in [-0.05, 0) is 23.3 Å². The van der Waals surface area contributed by atoms with Crippen LogP contribution >= 0.6 is 0 Å². The lowest BCUT2D eigenvalue weighted by Gasteiger charge is -2.33. The number of anilines is 1. The molecule has 1 atom stereocenters. The molecule has 0 spiro atoms. The minimum atomic E-state index is -3.74.